The van der Waals surface area contributed by atoms with Crippen LogP contribution in [-0.4, -0.2) is 30.3 Å². The van der Waals surface area contributed by atoms with Gasteiger partial charge in [-0.3, -0.25) is 9.59 Å². The Morgan fingerprint density at radius 1 is 0.727 bits per heavy atom. The van der Waals surface area contributed by atoms with Gasteiger partial charge in [0.1, 0.15) is 29.3 Å². The Bertz CT molecular complexity index is 1380. The van der Waals surface area contributed by atoms with Gasteiger partial charge in [0.15, 0.2) is 0 Å². The Labute approximate surface area is 259 Å². The van der Waals surface area contributed by atoms with E-state index in [1.807, 2.05) is 97.1 Å². The van der Waals surface area contributed by atoms with Crippen LogP contribution in [0.4, 0.5) is 0 Å². The second-order valence-corrected chi connectivity index (χ2v) is 10.1. The number of aliphatic carboxylic acids is 1. The minimum Gasteiger partial charge on any atom is -0.481 e. The minimum absolute atomic E-state index is 0.206. The first-order chi connectivity index (χ1) is 21.5. The first kappa shape index (κ1) is 33.6. The number of rotatable bonds is 13. The van der Waals surface area contributed by atoms with Gasteiger partial charge in [-0.25, -0.2) is 0 Å². The van der Waals surface area contributed by atoms with Crippen molar-refractivity contribution in [3.8, 4) is 23.0 Å². The molecule has 0 heterocycles. The average molecular weight is 597 g/mol. The van der Waals surface area contributed by atoms with Crippen LogP contribution in [-0.2, 0) is 27.5 Å². The molecule has 8 nitrogen and oxygen atoms in total. The van der Waals surface area contributed by atoms with Gasteiger partial charge in [0, 0.05) is 19.0 Å². The Kier molecular flexibility index (Phi) is 14.7. The summed E-state index contributed by atoms with van der Waals surface area (Å²) in [5, 5.41) is 14.4. The molecule has 0 saturated heterocycles. The molecule has 3 N–H and O–H groups in total. The zero-order valence-electron chi connectivity index (χ0n) is 24.9. The van der Waals surface area contributed by atoms with Crippen LogP contribution in [0, 0.1) is 11.8 Å². The monoisotopic (exact) mass is 596 g/mol. The number of hydrogen-bond acceptors (Lipinski definition) is 6. The third-order valence-corrected chi connectivity index (χ3v) is 6.77. The van der Waals surface area contributed by atoms with E-state index in [0.717, 1.165) is 60.8 Å². The summed E-state index contributed by atoms with van der Waals surface area (Å²) in [4.78, 5) is 30.4. The molecule has 0 unspecified atom stereocenters. The van der Waals surface area contributed by atoms with E-state index in [1.165, 1.54) is 5.56 Å². The lowest BCUT2D eigenvalue weighted by molar-refractivity contribution is -0.149. The van der Waals surface area contributed by atoms with Gasteiger partial charge in [-0.2, -0.15) is 0 Å². The lowest BCUT2D eigenvalue weighted by Crippen LogP contribution is -2.33. The van der Waals surface area contributed by atoms with E-state index in [2.05, 4.69) is 29.7 Å². The third-order valence-electron chi connectivity index (χ3n) is 6.77. The number of carboxylic acid groups (broad SMARTS) is 1. The van der Waals surface area contributed by atoms with Crippen molar-refractivity contribution in [2.24, 2.45) is 11.8 Å². The zero-order valence-corrected chi connectivity index (χ0v) is 24.9. The molecule has 1 aliphatic carbocycles. The first-order valence-corrected chi connectivity index (χ1v) is 14.7. The largest absolute Gasteiger partial charge is 0.481 e. The molecule has 8 heteroatoms. The van der Waals surface area contributed by atoms with Crippen molar-refractivity contribution in [3.63, 3.8) is 0 Å². The fourth-order valence-corrected chi connectivity index (χ4v) is 4.16. The molecule has 0 spiro atoms. The number of amides is 1. The highest BCUT2D eigenvalue weighted by molar-refractivity contribution is 5.76. The van der Waals surface area contributed by atoms with Crippen molar-refractivity contribution in [2.45, 2.75) is 39.3 Å². The van der Waals surface area contributed by atoms with E-state index in [0.29, 0.717) is 19.4 Å². The number of benzene rings is 4. The van der Waals surface area contributed by atoms with Gasteiger partial charge in [0.2, 0.25) is 6.41 Å². The minimum atomic E-state index is -0.835. The summed E-state index contributed by atoms with van der Waals surface area (Å²) in [7, 11) is 0. The lowest BCUT2D eigenvalue weighted by atomic mass is 9.75. The standard InChI is InChI=1S/C16H19NO.C14H13NO2.C6H8O3/c1-2-12-17-13-14-8-10-16(11-9-14)18-15-6-4-3-5-7-15;16-11-15-10-12-6-8-14(9-7-12)17-13-4-2-1-3-5-13;7-3-4-1-2-5(4)6(8)9/h3-11,17H,2,12-13H2,1H3;1-9,11H,10H2,(H,15,16);3-5H,1-2H2,(H,8,9)/t;;4-,5-/m..0/s1. The molecular formula is C36H40N2O6. The molecule has 0 aromatic heterocycles. The van der Waals surface area contributed by atoms with Gasteiger partial charge in [-0.1, -0.05) is 67.6 Å². The maximum atomic E-state index is 10.2. The fraction of sp³-hybridized carbons (Fsp3) is 0.250. The average Bonchev–Trinajstić information content (AvgIpc) is 3.03. The summed E-state index contributed by atoms with van der Waals surface area (Å²) >= 11 is 0. The molecule has 4 aromatic rings. The van der Waals surface area contributed by atoms with Crippen molar-refractivity contribution < 1.29 is 29.0 Å². The summed E-state index contributed by atoms with van der Waals surface area (Å²) in [6.45, 7) is 4.68. The molecule has 2 atom stereocenters. The Balaban J connectivity index is 0.000000190. The predicted molar refractivity (Wildman–Crippen MR) is 171 cm³/mol. The molecule has 4 aromatic carbocycles. The van der Waals surface area contributed by atoms with E-state index in [1.54, 1.807) is 0 Å². The number of carbonyl (C=O) groups is 3. The van der Waals surface area contributed by atoms with E-state index in [4.69, 9.17) is 14.6 Å². The van der Waals surface area contributed by atoms with Crippen molar-refractivity contribution in [1.29, 1.82) is 0 Å². The number of para-hydroxylation sites is 2. The van der Waals surface area contributed by atoms with Gasteiger partial charge in [-0.05, 0) is 85.5 Å². The van der Waals surface area contributed by atoms with Crippen LogP contribution in [0.25, 0.3) is 0 Å². The molecule has 1 aliphatic rings. The highest BCUT2D eigenvalue weighted by Gasteiger charge is 2.35. The molecule has 1 amide bonds. The van der Waals surface area contributed by atoms with Crippen molar-refractivity contribution in [2.75, 3.05) is 6.54 Å². The molecule has 5 rings (SSSR count). The number of hydrogen-bond donors (Lipinski definition) is 3. The zero-order chi connectivity index (χ0) is 31.4. The van der Waals surface area contributed by atoms with E-state index in [9.17, 15) is 14.4 Å². The Morgan fingerprint density at radius 2 is 1.20 bits per heavy atom. The molecule has 1 fully saturated rings. The number of carbonyl (C=O) groups excluding carboxylic acids is 2. The maximum absolute atomic E-state index is 10.2. The Hall–Kier alpha value is -4.95. The third kappa shape index (κ3) is 12.1. The van der Waals surface area contributed by atoms with Crippen LogP contribution in [0.2, 0.25) is 0 Å². The van der Waals surface area contributed by atoms with Crippen LogP contribution in [0.3, 0.4) is 0 Å². The van der Waals surface area contributed by atoms with Gasteiger partial charge >= 0.3 is 5.97 Å². The summed E-state index contributed by atoms with van der Waals surface area (Å²) < 4.78 is 11.4. The van der Waals surface area contributed by atoms with Gasteiger partial charge in [0.25, 0.3) is 0 Å². The van der Waals surface area contributed by atoms with Crippen molar-refractivity contribution in [1.82, 2.24) is 10.6 Å². The highest BCUT2D eigenvalue weighted by Crippen LogP contribution is 2.32. The van der Waals surface area contributed by atoms with Crippen LogP contribution >= 0.6 is 0 Å². The topological polar surface area (TPSA) is 114 Å². The molecule has 1 saturated carbocycles. The predicted octanol–water partition coefficient (Wildman–Crippen LogP) is 7.00. The van der Waals surface area contributed by atoms with Gasteiger partial charge < -0.3 is 30.0 Å². The summed E-state index contributed by atoms with van der Waals surface area (Å²) in [5.74, 6) is 1.91. The number of ether oxygens (including phenoxy) is 2. The molecule has 0 radical (unpaired) electrons. The van der Waals surface area contributed by atoms with E-state index in [-0.39, 0.29) is 11.8 Å². The Morgan fingerprint density at radius 3 is 1.57 bits per heavy atom. The van der Waals surface area contributed by atoms with Crippen LogP contribution in [0.1, 0.15) is 37.3 Å². The van der Waals surface area contributed by atoms with Crippen LogP contribution in [0.5, 0.6) is 23.0 Å². The van der Waals surface area contributed by atoms with Crippen LogP contribution in [0.15, 0.2) is 109 Å². The van der Waals surface area contributed by atoms with Crippen LogP contribution < -0.4 is 20.1 Å². The summed E-state index contributed by atoms with van der Waals surface area (Å²) in [5.41, 5.74) is 2.32. The lowest BCUT2D eigenvalue weighted by Gasteiger charge is -2.27. The molecule has 230 valence electrons. The maximum Gasteiger partial charge on any atom is 0.307 e. The molecule has 0 bridgehead atoms. The van der Waals surface area contributed by atoms with E-state index >= 15 is 0 Å². The number of carboxylic acids is 1. The summed E-state index contributed by atoms with van der Waals surface area (Å²) in [6.07, 6.45) is 4.01. The number of nitrogens with one attached hydrogen (secondary N) is 2. The van der Waals surface area contributed by atoms with Gasteiger partial charge in [0.05, 0.1) is 5.92 Å². The second-order valence-electron chi connectivity index (χ2n) is 10.1. The smallest absolute Gasteiger partial charge is 0.307 e. The number of aldehydes is 1. The molecule has 44 heavy (non-hydrogen) atoms. The first-order valence-electron chi connectivity index (χ1n) is 14.7. The van der Waals surface area contributed by atoms with E-state index < -0.39 is 5.97 Å². The quantitative estimate of drug-likeness (QED) is 0.112. The molecular weight excluding hydrogens is 556 g/mol. The fourth-order valence-electron chi connectivity index (χ4n) is 4.16. The molecule has 0 aliphatic heterocycles. The van der Waals surface area contributed by atoms with Gasteiger partial charge in [-0.15, -0.1) is 0 Å². The second kappa shape index (κ2) is 19.3. The van der Waals surface area contributed by atoms with Crippen molar-refractivity contribution >= 4 is 18.7 Å². The SMILES string of the molecule is CCCNCc1ccc(Oc2ccccc2)cc1.O=CNCc1ccc(Oc2ccccc2)cc1.O=C[C@@H]1CC[C@@H]1C(=O)O. The van der Waals surface area contributed by atoms with Crippen molar-refractivity contribution in [3.05, 3.63) is 120 Å². The normalized spacial score (nSPS) is 14.7. The highest BCUT2D eigenvalue weighted by atomic mass is 16.5. The summed E-state index contributed by atoms with van der Waals surface area (Å²) in [6, 6.07) is 35.3.